The first-order chi connectivity index (χ1) is 5.95. The SMILES string of the molecule is CC.CNCC(=O)NCC(C)(C)O. The molecular weight excluding hydrogens is 168 g/mol. The van der Waals surface area contributed by atoms with Gasteiger partial charge in [-0.05, 0) is 20.9 Å². The summed E-state index contributed by atoms with van der Waals surface area (Å²) in [4.78, 5) is 10.8. The Hall–Kier alpha value is -0.610. The molecule has 0 heterocycles. The lowest BCUT2D eigenvalue weighted by atomic mass is 10.1. The maximum Gasteiger partial charge on any atom is 0.234 e. The normalized spacial score (nSPS) is 10.0. The van der Waals surface area contributed by atoms with Crippen molar-refractivity contribution in [2.75, 3.05) is 20.1 Å². The first-order valence-electron chi connectivity index (χ1n) is 4.59. The smallest absolute Gasteiger partial charge is 0.234 e. The van der Waals surface area contributed by atoms with E-state index in [4.69, 9.17) is 0 Å². The van der Waals surface area contributed by atoms with Gasteiger partial charge in [0.15, 0.2) is 0 Å². The van der Waals surface area contributed by atoms with Crippen LogP contribution in [0, 0.1) is 0 Å². The van der Waals surface area contributed by atoms with Crippen molar-refractivity contribution >= 4 is 5.91 Å². The predicted octanol–water partition coefficient (Wildman–Crippen LogP) is 0.119. The average Bonchev–Trinajstić information content (AvgIpc) is 2.04. The second kappa shape index (κ2) is 8.01. The van der Waals surface area contributed by atoms with Crippen LogP contribution in [0.1, 0.15) is 27.7 Å². The predicted molar refractivity (Wildman–Crippen MR) is 54.6 cm³/mol. The maximum atomic E-state index is 10.8. The zero-order valence-electron chi connectivity index (χ0n) is 9.27. The van der Waals surface area contributed by atoms with Crippen molar-refractivity contribution in [2.24, 2.45) is 0 Å². The van der Waals surface area contributed by atoms with E-state index >= 15 is 0 Å². The highest BCUT2D eigenvalue weighted by atomic mass is 16.3. The van der Waals surface area contributed by atoms with Crippen molar-refractivity contribution in [1.82, 2.24) is 10.6 Å². The molecule has 0 fully saturated rings. The van der Waals surface area contributed by atoms with Crippen LogP contribution in [0.3, 0.4) is 0 Å². The monoisotopic (exact) mass is 190 g/mol. The van der Waals surface area contributed by atoms with Crippen molar-refractivity contribution in [2.45, 2.75) is 33.3 Å². The van der Waals surface area contributed by atoms with Crippen LogP contribution in [0.5, 0.6) is 0 Å². The minimum absolute atomic E-state index is 0.102. The standard InChI is InChI=1S/C7H16N2O2.C2H6/c1-7(2,11)5-9-6(10)4-8-3;1-2/h8,11H,4-5H2,1-3H3,(H,9,10);1-2H3. The minimum Gasteiger partial charge on any atom is -0.389 e. The number of aliphatic hydroxyl groups is 1. The number of hydrogen-bond acceptors (Lipinski definition) is 3. The summed E-state index contributed by atoms with van der Waals surface area (Å²) in [6.07, 6.45) is 0. The molecule has 0 aliphatic heterocycles. The first-order valence-corrected chi connectivity index (χ1v) is 4.59. The summed E-state index contributed by atoms with van der Waals surface area (Å²) in [5.74, 6) is -0.102. The van der Waals surface area contributed by atoms with E-state index in [2.05, 4.69) is 10.6 Å². The summed E-state index contributed by atoms with van der Waals surface area (Å²) in [5, 5.41) is 14.5. The minimum atomic E-state index is -0.830. The van der Waals surface area contributed by atoms with E-state index in [1.54, 1.807) is 20.9 Å². The van der Waals surface area contributed by atoms with Crippen LogP contribution in [0.2, 0.25) is 0 Å². The van der Waals surface area contributed by atoms with Gasteiger partial charge in [0.25, 0.3) is 0 Å². The Morgan fingerprint density at radius 2 is 1.85 bits per heavy atom. The lowest BCUT2D eigenvalue weighted by molar-refractivity contribution is -0.121. The maximum absolute atomic E-state index is 10.8. The van der Waals surface area contributed by atoms with Gasteiger partial charge in [0.05, 0.1) is 12.1 Å². The van der Waals surface area contributed by atoms with Crippen molar-refractivity contribution in [3.05, 3.63) is 0 Å². The molecular formula is C9H22N2O2. The Bertz CT molecular complexity index is 130. The van der Waals surface area contributed by atoms with Gasteiger partial charge in [-0.1, -0.05) is 13.8 Å². The summed E-state index contributed by atoms with van der Waals surface area (Å²) >= 11 is 0. The van der Waals surface area contributed by atoms with Crippen molar-refractivity contribution in [3.63, 3.8) is 0 Å². The van der Waals surface area contributed by atoms with Gasteiger partial charge in [0, 0.05) is 6.54 Å². The topological polar surface area (TPSA) is 61.4 Å². The fourth-order valence-electron chi connectivity index (χ4n) is 0.538. The molecule has 0 spiro atoms. The number of rotatable bonds is 4. The molecule has 0 saturated carbocycles. The number of amides is 1. The third-order valence-corrected chi connectivity index (χ3v) is 1.06. The summed E-state index contributed by atoms with van der Waals surface area (Å²) < 4.78 is 0. The molecule has 0 aromatic heterocycles. The van der Waals surface area contributed by atoms with Crippen LogP contribution in [0.4, 0.5) is 0 Å². The van der Waals surface area contributed by atoms with Gasteiger partial charge in [0.2, 0.25) is 5.91 Å². The Balaban J connectivity index is 0. The van der Waals surface area contributed by atoms with Crippen LogP contribution in [0.25, 0.3) is 0 Å². The zero-order chi connectivity index (χ0) is 10.9. The quantitative estimate of drug-likeness (QED) is 0.590. The lowest BCUT2D eigenvalue weighted by Gasteiger charge is -2.17. The molecule has 4 nitrogen and oxygen atoms in total. The van der Waals surface area contributed by atoms with Crippen LogP contribution >= 0.6 is 0 Å². The summed E-state index contributed by atoms with van der Waals surface area (Å²) in [6, 6.07) is 0. The molecule has 0 radical (unpaired) electrons. The van der Waals surface area contributed by atoms with E-state index < -0.39 is 5.60 Å². The Morgan fingerprint density at radius 3 is 2.15 bits per heavy atom. The summed E-state index contributed by atoms with van der Waals surface area (Å²) in [7, 11) is 1.70. The third kappa shape index (κ3) is 14.3. The van der Waals surface area contributed by atoms with Gasteiger partial charge in [-0.15, -0.1) is 0 Å². The van der Waals surface area contributed by atoms with E-state index in [1.165, 1.54) is 0 Å². The van der Waals surface area contributed by atoms with Gasteiger partial charge in [-0.25, -0.2) is 0 Å². The Labute approximate surface area is 80.7 Å². The van der Waals surface area contributed by atoms with Gasteiger partial charge >= 0.3 is 0 Å². The molecule has 0 aromatic rings. The number of hydrogen-bond donors (Lipinski definition) is 3. The third-order valence-electron chi connectivity index (χ3n) is 1.06. The van der Waals surface area contributed by atoms with E-state index in [0.29, 0.717) is 0 Å². The lowest BCUT2D eigenvalue weighted by Crippen LogP contribution is -2.41. The molecule has 0 rings (SSSR count). The molecule has 3 N–H and O–H groups in total. The number of likely N-dealkylation sites (N-methyl/N-ethyl adjacent to an activating group) is 1. The van der Waals surface area contributed by atoms with Gasteiger partial charge in [-0.3, -0.25) is 4.79 Å². The van der Waals surface area contributed by atoms with Crippen molar-refractivity contribution in [1.29, 1.82) is 0 Å². The molecule has 13 heavy (non-hydrogen) atoms. The first kappa shape index (κ1) is 14.9. The van der Waals surface area contributed by atoms with E-state index in [1.807, 2.05) is 13.8 Å². The average molecular weight is 190 g/mol. The second-order valence-electron chi connectivity index (χ2n) is 3.12. The summed E-state index contributed by atoms with van der Waals surface area (Å²) in [6.45, 7) is 7.86. The molecule has 0 aliphatic rings. The van der Waals surface area contributed by atoms with Gasteiger partial charge in [-0.2, -0.15) is 0 Å². The zero-order valence-corrected chi connectivity index (χ0v) is 9.27. The molecule has 0 bridgehead atoms. The molecule has 4 heteroatoms. The van der Waals surface area contributed by atoms with E-state index in [-0.39, 0.29) is 19.0 Å². The highest BCUT2D eigenvalue weighted by Gasteiger charge is 2.12. The number of nitrogens with one attached hydrogen (secondary N) is 2. The van der Waals surface area contributed by atoms with E-state index in [9.17, 15) is 9.90 Å². The molecule has 0 saturated heterocycles. The fourth-order valence-corrected chi connectivity index (χ4v) is 0.538. The van der Waals surface area contributed by atoms with Crippen molar-refractivity contribution in [3.8, 4) is 0 Å². The van der Waals surface area contributed by atoms with Crippen LogP contribution in [0.15, 0.2) is 0 Å². The fraction of sp³-hybridized carbons (Fsp3) is 0.889. The largest absolute Gasteiger partial charge is 0.389 e. The molecule has 80 valence electrons. The Morgan fingerprint density at radius 1 is 1.38 bits per heavy atom. The molecule has 0 aromatic carbocycles. The molecule has 1 amide bonds. The van der Waals surface area contributed by atoms with Gasteiger partial charge in [0.1, 0.15) is 0 Å². The second-order valence-corrected chi connectivity index (χ2v) is 3.12. The van der Waals surface area contributed by atoms with Crippen molar-refractivity contribution < 1.29 is 9.90 Å². The Kier molecular flexibility index (Phi) is 9.17. The van der Waals surface area contributed by atoms with Crippen LogP contribution < -0.4 is 10.6 Å². The van der Waals surface area contributed by atoms with E-state index in [0.717, 1.165) is 0 Å². The highest BCUT2D eigenvalue weighted by Crippen LogP contribution is 1.96. The van der Waals surface area contributed by atoms with Crippen LogP contribution in [-0.2, 0) is 4.79 Å². The number of carbonyl (C=O) groups is 1. The summed E-state index contributed by atoms with van der Waals surface area (Å²) in [5.41, 5.74) is -0.830. The molecule has 0 aliphatic carbocycles. The van der Waals surface area contributed by atoms with Crippen LogP contribution in [-0.4, -0.2) is 36.8 Å². The highest BCUT2D eigenvalue weighted by molar-refractivity contribution is 5.77. The molecule has 0 unspecified atom stereocenters. The number of carbonyl (C=O) groups excluding carboxylic acids is 1. The van der Waals surface area contributed by atoms with Gasteiger partial charge < -0.3 is 15.7 Å². The molecule has 0 atom stereocenters.